The summed E-state index contributed by atoms with van der Waals surface area (Å²) in [7, 11) is 0. The Labute approximate surface area is 102 Å². The van der Waals surface area contributed by atoms with Gasteiger partial charge >= 0.3 is 0 Å². The van der Waals surface area contributed by atoms with Crippen LogP contribution in [0.25, 0.3) is 10.2 Å². The smallest absolute Gasteiger partial charge is 0.138 e. The minimum absolute atomic E-state index is 0.629. The minimum Gasteiger partial charge on any atom is -0.364 e. The van der Waals surface area contributed by atoms with Crippen molar-refractivity contribution in [2.45, 2.75) is 6.54 Å². The van der Waals surface area contributed by atoms with E-state index in [1.807, 2.05) is 17.5 Å². The Bertz CT molecular complexity index is 622. The lowest BCUT2D eigenvalue weighted by molar-refractivity contribution is 0.997. The topological polar surface area (TPSA) is 63.6 Å². The Morgan fingerprint density at radius 1 is 1.12 bits per heavy atom. The molecule has 0 saturated carbocycles. The second kappa shape index (κ2) is 4.42. The van der Waals surface area contributed by atoms with Crippen molar-refractivity contribution in [1.82, 2.24) is 19.9 Å². The number of hydrogen-bond acceptors (Lipinski definition) is 6. The van der Waals surface area contributed by atoms with E-state index in [0.717, 1.165) is 21.7 Å². The van der Waals surface area contributed by atoms with Crippen LogP contribution in [0.15, 0.2) is 36.4 Å². The molecule has 0 aliphatic carbocycles. The average Bonchev–Trinajstić information content (AvgIpc) is 2.86. The van der Waals surface area contributed by atoms with Gasteiger partial charge in [0.15, 0.2) is 0 Å². The molecule has 0 radical (unpaired) electrons. The van der Waals surface area contributed by atoms with Gasteiger partial charge in [-0.25, -0.2) is 19.9 Å². The maximum absolute atomic E-state index is 4.24. The summed E-state index contributed by atoms with van der Waals surface area (Å²) in [6, 6.07) is 3.89. The lowest BCUT2D eigenvalue weighted by atomic mass is 10.3. The van der Waals surface area contributed by atoms with E-state index in [2.05, 4.69) is 25.3 Å². The van der Waals surface area contributed by atoms with Crippen molar-refractivity contribution in [3.63, 3.8) is 0 Å². The summed E-state index contributed by atoms with van der Waals surface area (Å²) < 4.78 is 0. The Kier molecular flexibility index (Phi) is 2.63. The summed E-state index contributed by atoms with van der Waals surface area (Å²) >= 11 is 1.61. The van der Waals surface area contributed by atoms with E-state index >= 15 is 0 Å². The Morgan fingerprint density at radius 2 is 2.12 bits per heavy atom. The molecule has 0 fully saturated rings. The summed E-state index contributed by atoms with van der Waals surface area (Å²) in [5, 5.41) is 6.31. The van der Waals surface area contributed by atoms with E-state index in [4.69, 9.17) is 0 Å². The molecule has 0 saturated heterocycles. The molecule has 1 N–H and O–H groups in total. The first kappa shape index (κ1) is 10.1. The Hall–Kier alpha value is -2.08. The highest BCUT2D eigenvalue weighted by Gasteiger charge is 2.04. The summed E-state index contributed by atoms with van der Waals surface area (Å²) in [6.45, 7) is 0.629. The highest BCUT2D eigenvalue weighted by Crippen LogP contribution is 2.23. The van der Waals surface area contributed by atoms with Crippen LogP contribution in [0.3, 0.4) is 0 Å². The van der Waals surface area contributed by atoms with Crippen molar-refractivity contribution in [3.05, 3.63) is 42.1 Å². The summed E-state index contributed by atoms with van der Waals surface area (Å²) in [6.07, 6.45) is 4.84. The molecule has 0 aliphatic rings. The fourth-order valence-electron chi connectivity index (χ4n) is 1.53. The molecule has 17 heavy (non-hydrogen) atoms. The van der Waals surface area contributed by atoms with Gasteiger partial charge in [0.25, 0.3) is 0 Å². The second-order valence-corrected chi connectivity index (χ2v) is 4.31. The first-order valence-corrected chi connectivity index (χ1v) is 5.98. The van der Waals surface area contributed by atoms with Crippen LogP contribution in [-0.4, -0.2) is 19.9 Å². The monoisotopic (exact) mass is 243 g/mol. The van der Waals surface area contributed by atoms with Crippen LogP contribution in [0.2, 0.25) is 0 Å². The van der Waals surface area contributed by atoms with Crippen LogP contribution < -0.4 is 5.32 Å². The zero-order chi connectivity index (χ0) is 11.5. The van der Waals surface area contributed by atoms with Gasteiger partial charge in [0, 0.05) is 6.20 Å². The molecule has 5 nitrogen and oxygen atoms in total. The summed E-state index contributed by atoms with van der Waals surface area (Å²) in [4.78, 5) is 17.5. The van der Waals surface area contributed by atoms with E-state index in [0.29, 0.717) is 6.54 Å². The summed E-state index contributed by atoms with van der Waals surface area (Å²) in [5.74, 6) is 0.842. The molecule has 0 unspecified atom stereocenters. The maximum atomic E-state index is 4.24. The number of anilines is 1. The molecular formula is C11H9N5S. The first-order valence-electron chi connectivity index (χ1n) is 5.10. The largest absolute Gasteiger partial charge is 0.364 e. The molecule has 3 aromatic rings. The van der Waals surface area contributed by atoms with E-state index < -0.39 is 0 Å². The van der Waals surface area contributed by atoms with Crippen LogP contribution >= 0.6 is 11.3 Å². The van der Waals surface area contributed by atoms with Crippen LogP contribution in [-0.2, 0) is 6.54 Å². The molecule has 0 bridgehead atoms. The van der Waals surface area contributed by atoms with Gasteiger partial charge in [0.2, 0.25) is 0 Å². The number of nitrogens with zero attached hydrogens (tertiary/aromatic N) is 4. The van der Waals surface area contributed by atoms with Gasteiger partial charge in [-0.3, -0.25) is 0 Å². The van der Waals surface area contributed by atoms with Gasteiger partial charge < -0.3 is 5.32 Å². The van der Waals surface area contributed by atoms with Crippen molar-refractivity contribution >= 4 is 27.4 Å². The van der Waals surface area contributed by atoms with Crippen LogP contribution in [0.5, 0.6) is 0 Å². The third kappa shape index (κ3) is 2.07. The molecule has 6 heteroatoms. The number of fused-ring (bicyclic) bond motifs is 1. The van der Waals surface area contributed by atoms with E-state index in [9.17, 15) is 0 Å². The SMILES string of the molecule is c1cc(CNc2ncnc3sccc23)ncn1. The minimum atomic E-state index is 0.629. The fraction of sp³-hybridized carbons (Fsp3) is 0.0909. The van der Waals surface area contributed by atoms with E-state index in [-0.39, 0.29) is 0 Å². The van der Waals surface area contributed by atoms with Crippen molar-refractivity contribution in [3.8, 4) is 0 Å². The fourth-order valence-corrected chi connectivity index (χ4v) is 2.26. The molecule has 3 heterocycles. The van der Waals surface area contributed by atoms with Crippen LogP contribution in [0.1, 0.15) is 5.69 Å². The molecular weight excluding hydrogens is 234 g/mol. The van der Waals surface area contributed by atoms with Gasteiger partial charge in [0.1, 0.15) is 23.3 Å². The lowest BCUT2D eigenvalue weighted by Crippen LogP contribution is -2.03. The Morgan fingerprint density at radius 3 is 3.00 bits per heavy atom. The lowest BCUT2D eigenvalue weighted by Gasteiger charge is -2.05. The Balaban J connectivity index is 1.84. The zero-order valence-electron chi connectivity index (χ0n) is 8.87. The molecule has 84 valence electrons. The number of thiophene rings is 1. The third-order valence-electron chi connectivity index (χ3n) is 2.34. The van der Waals surface area contributed by atoms with Gasteiger partial charge in [-0.2, -0.15) is 0 Å². The normalized spacial score (nSPS) is 10.6. The van der Waals surface area contributed by atoms with Crippen molar-refractivity contribution in [2.75, 3.05) is 5.32 Å². The molecule has 0 aromatic carbocycles. The predicted octanol–water partition coefficient (Wildman–Crippen LogP) is 2.09. The molecule has 3 aromatic heterocycles. The number of aromatic nitrogens is 4. The van der Waals surface area contributed by atoms with Crippen LogP contribution in [0.4, 0.5) is 5.82 Å². The van der Waals surface area contributed by atoms with Gasteiger partial charge in [0.05, 0.1) is 17.6 Å². The number of nitrogens with one attached hydrogen (secondary N) is 1. The maximum Gasteiger partial charge on any atom is 0.138 e. The first-order chi connectivity index (χ1) is 8.43. The molecule has 0 amide bonds. The molecule has 0 aliphatic heterocycles. The molecule has 0 atom stereocenters. The van der Waals surface area contributed by atoms with Crippen molar-refractivity contribution in [1.29, 1.82) is 0 Å². The number of hydrogen-bond donors (Lipinski definition) is 1. The van der Waals surface area contributed by atoms with E-state index in [1.54, 1.807) is 23.9 Å². The predicted molar refractivity (Wildman–Crippen MR) is 66.8 cm³/mol. The highest BCUT2D eigenvalue weighted by molar-refractivity contribution is 7.16. The summed E-state index contributed by atoms with van der Waals surface area (Å²) in [5.41, 5.74) is 0.932. The molecule has 3 rings (SSSR count). The van der Waals surface area contributed by atoms with Crippen molar-refractivity contribution in [2.24, 2.45) is 0 Å². The quantitative estimate of drug-likeness (QED) is 0.763. The van der Waals surface area contributed by atoms with E-state index in [1.165, 1.54) is 6.33 Å². The average molecular weight is 243 g/mol. The molecule has 0 spiro atoms. The van der Waals surface area contributed by atoms with Gasteiger partial charge in [-0.15, -0.1) is 11.3 Å². The van der Waals surface area contributed by atoms with Crippen molar-refractivity contribution < 1.29 is 0 Å². The number of rotatable bonds is 3. The van der Waals surface area contributed by atoms with Gasteiger partial charge in [-0.05, 0) is 17.5 Å². The standard InChI is InChI=1S/C11H9N5S/c1-3-12-6-14-8(1)5-13-10-9-2-4-17-11(9)16-7-15-10/h1-4,6-7H,5H2,(H,13,15,16). The zero-order valence-corrected chi connectivity index (χ0v) is 9.68. The second-order valence-electron chi connectivity index (χ2n) is 3.42. The van der Waals surface area contributed by atoms with Crippen LogP contribution in [0, 0.1) is 0 Å². The third-order valence-corrected chi connectivity index (χ3v) is 3.16. The van der Waals surface area contributed by atoms with Gasteiger partial charge in [-0.1, -0.05) is 0 Å². The highest BCUT2D eigenvalue weighted by atomic mass is 32.1.